The molecular formula is C18H29NO. The maximum absolute atomic E-state index is 5.13. The van der Waals surface area contributed by atoms with Gasteiger partial charge in [-0.1, -0.05) is 50.5 Å². The molecule has 0 aromatic heterocycles. The van der Waals surface area contributed by atoms with E-state index in [1.807, 2.05) is 0 Å². The van der Waals surface area contributed by atoms with E-state index in [1.165, 1.54) is 43.2 Å². The Bertz CT molecular complexity index is 374. The lowest BCUT2D eigenvalue weighted by Gasteiger charge is -2.26. The van der Waals surface area contributed by atoms with Gasteiger partial charge in [-0.2, -0.15) is 0 Å². The molecule has 0 heterocycles. The highest BCUT2D eigenvalue weighted by Gasteiger charge is 2.17. The maximum atomic E-state index is 5.13. The topological polar surface area (TPSA) is 21.3 Å². The second-order valence-corrected chi connectivity index (χ2v) is 6.35. The van der Waals surface area contributed by atoms with Crippen LogP contribution in [0.15, 0.2) is 24.3 Å². The lowest BCUT2D eigenvalue weighted by molar-refractivity contribution is 0.185. The van der Waals surface area contributed by atoms with Gasteiger partial charge in [0, 0.05) is 13.7 Å². The molecule has 0 bridgehead atoms. The number of nitrogens with one attached hydrogen (secondary N) is 1. The lowest BCUT2D eigenvalue weighted by atomic mass is 9.81. The molecule has 0 radical (unpaired) electrons. The first-order valence-corrected chi connectivity index (χ1v) is 8.05. The highest BCUT2D eigenvalue weighted by Crippen LogP contribution is 2.30. The summed E-state index contributed by atoms with van der Waals surface area (Å²) in [6.07, 6.45) is 7.10. The van der Waals surface area contributed by atoms with E-state index in [9.17, 15) is 0 Å². The molecule has 0 spiro atoms. The second kappa shape index (κ2) is 8.43. The van der Waals surface area contributed by atoms with Crippen molar-refractivity contribution >= 4 is 0 Å². The fourth-order valence-electron chi connectivity index (χ4n) is 3.28. The van der Waals surface area contributed by atoms with Crippen LogP contribution in [0.2, 0.25) is 0 Å². The first kappa shape index (κ1) is 15.5. The Labute approximate surface area is 123 Å². The summed E-state index contributed by atoms with van der Waals surface area (Å²) in [5.74, 6) is 1.90. The molecule has 1 N–H and O–H groups in total. The average molecular weight is 275 g/mol. The molecule has 2 nitrogen and oxygen atoms in total. The molecule has 2 atom stereocenters. The monoisotopic (exact) mass is 275 g/mol. The molecule has 0 amide bonds. The molecule has 112 valence electrons. The molecule has 1 fully saturated rings. The van der Waals surface area contributed by atoms with Gasteiger partial charge in [0.15, 0.2) is 0 Å². The van der Waals surface area contributed by atoms with Crippen LogP contribution >= 0.6 is 0 Å². The minimum absolute atomic E-state index is 0.702. The standard InChI is InChI=1S/C18H29NO/c1-15-4-3-5-16(12-15)10-11-19-13-17-6-8-18(9-7-17)14-20-2/h6-9,15-16,19H,3-5,10-14H2,1-2H3. The maximum Gasteiger partial charge on any atom is 0.0713 e. The van der Waals surface area contributed by atoms with Crippen molar-refractivity contribution in [1.82, 2.24) is 5.32 Å². The minimum Gasteiger partial charge on any atom is -0.380 e. The molecule has 2 rings (SSSR count). The lowest BCUT2D eigenvalue weighted by Crippen LogP contribution is -2.21. The van der Waals surface area contributed by atoms with Crippen molar-refractivity contribution in [3.05, 3.63) is 35.4 Å². The van der Waals surface area contributed by atoms with Crippen LogP contribution < -0.4 is 5.32 Å². The van der Waals surface area contributed by atoms with Crippen LogP contribution in [0, 0.1) is 11.8 Å². The van der Waals surface area contributed by atoms with E-state index >= 15 is 0 Å². The SMILES string of the molecule is COCc1ccc(CNCCC2CCCC(C)C2)cc1. The fraction of sp³-hybridized carbons (Fsp3) is 0.667. The van der Waals surface area contributed by atoms with Gasteiger partial charge in [0.05, 0.1) is 6.61 Å². The molecule has 1 aliphatic carbocycles. The van der Waals surface area contributed by atoms with E-state index in [2.05, 4.69) is 36.5 Å². The summed E-state index contributed by atoms with van der Waals surface area (Å²) in [5.41, 5.74) is 2.61. The minimum atomic E-state index is 0.702. The van der Waals surface area contributed by atoms with Crippen LogP contribution in [0.1, 0.15) is 50.2 Å². The number of benzene rings is 1. The van der Waals surface area contributed by atoms with Crippen LogP contribution in [0.3, 0.4) is 0 Å². The van der Waals surface area contributed by atoms with E-state index in [-0.39, 0.29) is 0 Å². The van der Waals surface area contributed by atoms with Gasteiger partial charge in [0.25, 0.3) is 0 Å². The molecule has 0 saturated heterocycles. The summed E-state index contributed by atoms with van der Waals surface area (Å²) in [6.45, 7) is 5.24. The predicted octanol–water partition coefficient (Wildman–Crippen LogP) is 4.14. The van der Waals surface area contributed by atoms with Crippen molar-refractivity contribution in [3.8, 4) is 0 Å². The third-order valence-corrected chi connectivity index (χ3v) is 4.44. The molecule has 1 aromatic carbocycles. The van der Waals surface area contributed by atoms with E-state index in [4.69, 9.17) is 4.74 Å². The Morgan fingerprint density at radius 2 is 1.90 bits per heavy atom. The predicted molar refractivity (Wildman–Crippen MR) is 84.6 cm³/mol. The Balaban J connectivity index is 1.62. The largest absolute Gasteiger partial charge is 0.380 e. The summed E-state index contributed by atoms with van der Waals surface area (Å²) in [6, 6.07) is 8.71. The number of hydrogen-bond acceptors (Lipinski definition) is 2. The fourth-order valence-corrected chi connectivity index (χ4v) is 3.28. The van der Waals surface area contributed by atoms with Crippen LogP contribution in [0.4, 0.5) is 0 Å². The number of hydrogen-bond donors (Lipinski definition) is 1. The highest BCUT2D eigenvalue weighted by molar-refractivity contribution is 5.21. The normalized spacial score (nSPS) is 22.9. The first-order valence-electron chi connectivity index (χ1n) is 8.05. The molecule has 0 aliphatic heterocycles. The van der Waals surface area contributed by atoms with Crippen molar-refractivity contribution in [2.24, 2.45) is 11.8 Å². The van der Waals surface area contributed by atoms with Crippen molar-refractivity contribution in [2.45, 2.75) is 52.2 Å². The Morgan fingerprint density at radius 3 is 2.60 bits per heavy atom. The third kappa shape index (κ3) is 5.26. The van der Waals surface area contributed by atoms with Gasteiger partial charge >= 0.3 is 0 Å². The zero-order valence-corrected chi connectivity index (χ0v) is 13.0. The summed E-state index contributed by atoms with van der Waals surface area (Å²) in [4.78, 5) is 0. The van der Waals surface area contributed by atoms with Gasteiger partial charge in [-0.3, -0.25) is 0 Å². The van der Waals surface area contributed by atoms with Gasteiger partial charge in [-0.05, 0) is 42.3 Å². The van der Waals surface area contributed by atoms with E-state index < -0.39 is 0 Å². The molecule has 20 heavy (non-hydrogen) atoms. The van der Waals surface area contributed by atoms with Gasteiger partial charge in [-0.15, -0.1) is 0 Å². The molecule has 2 heteroatoms. The van der Waals surface area contributed by atoms with E-state index in [1.54, 1.807) is 7.11 Å². The van der Waals surface area contributed by atoms with E-state index in [0.29, 0.717) is 6.61 Å². The quantitative estimate of drug-likeness (QED) is 0.755. The second-order valence-electron chi connectivity index (χ2n) is 6.35. The van der Waals surface area contributed by atoms with Gasteiger partial charge < -0.3 is 10.1 Å². The zero-order valence-electron chi connectivity index (χ0n) is 13.0. The van der Waals surface area contributed by atoms with Crippen LogP contribution in [0.25, 0.3) is 0 Å². The molecular weight excluding hydrogens is 246 g/mol. The summed E-state index contributed by atoms with van der Waals surface area (Å²) >= 11 is 0. The van der Waals surface area contributed by atoms with Gasteiger partial charge in [-0.25, -0.2) is 0 Å². The van der Waals surface area contributed by atoms with E-state index in [0.717, 1.165) is 24.9 Å². The third-order valence-electron chi connectivity index (χ3n) is 4.44. The van der Waals surface area contributed by atoms with Crippen molar-refractivity contribution < 1.29 is 4.74 Å². The first-order chi connectivity index (χ1) is 9.78. The highest BCUT2D eigenvalue weighted by atomic mass is 16.5. The summed E-state index contributed by atoms with van der Waals surface area (Å²) in [7, 11) is 1.74. The van der Waals surface area contributed by atoms with Crippen LogP contribution in [-0.2, 0) is 17.9 Å². The van der Waals surface area contributed by atoms with Crippen molar-refractivity contribution in [1.29, 1.82) is 0 Å². The number of methoxy groups -OCH3 is 1. The van der Waals surface area contributed by atoms with Gasteiger partial charge in [0.1, 0.15) is 0 Å². The van der Waals surface area contributed by atoms with Crippen molar-refractivity contribution in [3.63, 3.8) is 0 Å². The Morgan fingerprint density at radius 1 is 1.15 bits per heavy atom. The molecule has 1 saturated carbocycles. The van der Waals surface area contributed by atoms with Crippen LogP contribution in [-0.4, -0.2) is 13.7 Å². The smallest absolute Gasteiger partial charge is 0.0713 e. The van der Waals surface area contributed by atoms with Crippen molar-refractivity contribution in [2.75, 3.05) is 13.7 Å². The zero-order chi connectivity index (χ0) is 14.2. The number of ether oxygens (including phenoxy) is 1. The number of rotatable bonds is 7. The summed E-state index contributed by atoms with van der Waals surface area (Å²) < 4.78 is 5.13. The molecule has 2 unspecified atom stereocenters. The average Bonchev–Trinajstić information content (AvgIpc) is 2.46. The Kier molecular flexibility index (Phi) is 6.55. The Hall–Kier alpha value is -0.860. The van der Waals surface area contributed by atoms with Crippen LogP contribution in [0.5, 0.6) is 0 Å². The summed E-state index contributed by atoms with van der Waals surface area (Å²) in [5, 5.41) is 3.58. The molecule has 1 aromatic rings. The molecule has 1 aliphatic rings. The van der Waals surface area contributed by atoms with Gasteiger partial charge in [0.2, 0.25) is 0 Å².